The van der Waals surface area contributed by atoms with Crippen molar-refractivity contribution in [3.8, 4) is 5.75 Å². The molecule has 0 fully saturated rings. The summed E-state index contributed by atoms with van der Waals surface area (Å²) in [7, 11) is 1.57. The van der Waals surface area contributed by atoms with Crippen molar-refractivity contribution in [2.24, 2.45) is 0 Å². The Morgan fingerprint density at radius 2 is 2.08 bits per heavy atom. The molecule has 0 bridgehead atoms. The molecule has 6 nitrogen and oxygen atoms in total. The quantitative estimate of drug-likeness (QED) is 0.603. The van der Waals surface area contributed by atoms with Crippen LogP contribution >= 0.6 is 11.3 Å². The topological polar surface area (TPSA) is 72.7 Å². The molecule has 0 spiro atoms. The van der Waals surface area contributed by atoms with Gasteiger partial charge in [0.2, 0.25) is 0 Å². The first-order chi connectivity index (χ1) is 12.6. The number of ether oxygens (including phenoxy) is 1. The predicted octanol–water partition coefficient (Wildman–Crippen LogP) is 3.48. The summed E-state index contributed by atoms with van der Waals surface area (Å²) in [5.74, 6) is 0.368. The van der Waals surface area contributed by atoms with Gasteiger partial charge in [0, 0.05) is 18.0 Å². The maximum absolute atomic E-state index is 12.7. The van der Waals surface area contributed by atoms with Crippen molar-refractivity contribution in [3.05, 3.63) is 69.5 Å². The van der Waals surface area contributed by atoms with Gasteiger partial charge < -0.3 is 10.1 Å². The van der Waals surface area contributed by atoms with E-state index in [1.54, 1.807) is 49.7 Å². The summed E-state index contributed by atoms with van der Waals surface area (Å²) in [4.78, 5) is 30.8. The van der Waals surface area contributed by atoms with Crippen LogP contribution in [0.25, 0.3) is 15.9 Å². The number of hydrogen-bond acceptors (Lipinski definition) is 5. The number of benzene rings is 1. The Morgan fingerprint density at radius 3 is 2.88 bits per heavy atom. The van der Waals surface area contributed by atoms with Gasteiger partial charge in [-0.05, 0) is 36.8 Å². The number of anilines is 1. The summed E-state index contributed by atoms with van der Waals surface area (Å²) < 4.78 is 6.67. The van der Waals surface area contributed by atoms with Gasteiger partial charge in [-0.15, -0.1) is 11.3 Å². The normalized spacial score (nSPS) is 11.0. The molecule has 0 aliphatic rings. The highest BCUT2D eigenvalue weighted by atomic mass is 32.1. The lowest BCUT2D eigenvalue weighted by Gasteiger charge is -2.05. The van der Waals surface area contributed by atoms with Crippen molar-refractivity contribution in [2.45, 2.75) is 6.92 Å². The molecule has 0 radical (unpaired) electrons. The molecule has 0 atom stereocenters. The average Bonchev–Trinajstić information content (AvgIpc) is 3.08. The fourth-order valence-electron chi connectivity index (χ4n) is 2.76. The second-order valence-corrected chi connectivity index (χ2v) is 6.85. The highest BCUT2D eigenvalue weighted by molar-refractivity contribution is 7.20. The molecule has 1 amide bonds. The van der Waals surface area contributed by atoms with Gasteiger partial charge in [0.25, 0.3) is 11.5 Å². The molecule has 130 valence electrons. The van der Waals surface area contributed by atoms with E-state index in [-0.39, 0.29) is 11.5 Å². The molecule has 1 N–H and O–H groups in total. The van der Waals surface area contributed by atoms with E-state index in [4.69, 9.17) is 4.74 Å². The highest BCUT2D eigenvalue weighted by Gasteiger charge is 2.15. The van der Waals surface area contributed by atoms with E-state index in [9.17, 15) is 9.59 Å². The predicted molar refractivity (Wildman–Crippen MR) is 103 cm³/mol. The van der Waals surface area contributed by atoms with Crippen LogP contribution in [-0.2, 0) is 0 Å². The van der Waals surface area contributed by atoms with E-state index < -0.39 is 0 Å². The Balaban J connectivity index is 1.76. The van der Waals surface area contributed by atoms with E-state index in [1.807, 2.05) is 13.0 Å². The standard InChI is InChI=1S/C19H15N3O3S/c1-11-5-4-8-22-16(11)21-18-14(19(22)24)10-15(26-18)17(23)20-12-6-3-7-13(9-12)25-2/h3-10H,1-2H3,(H,20,23). The Bertz CT molecular complexity index is 1210. The fourth-order valence-corrected chi connectivity index (χ4v) is 3.68. The zero-order valence-corrected chi connectivity index (χ0v) is 15.0. The summed E-state index contributed by atoms with van der Waals surface area (Å²) in [5, 5.41) is 3.26. The van der Waals surface area contributed by atoms with Crippen molar-refractivity contribution >= 4 is 38.8 Å². The summed E-state index contributed by atoms with van der Waals surface area (Å²) in [5.41, 5.74) is 1.96. The molecule has 26 heavy (non-hydrogen) atoms. The Morgan fingerprint density at radius 1 is 1.23 bits per heavy atom. The maximum Gasteiger partial charge on any atom is 0.266 e. The maximum atomic E-state index is 12.7. The summed E-state index contributed by atoms with van der Waals surface area (Å²) in [6.45, 7) is 1.90. The van der Waals surface area contributed by atoms with E-state index in [0.717, 1.165) is 5.56 Å². The highest BCUT2D eigenvalue weighted by Crippen LogP contribution is 2.24. The van der Waals surface area contributed by atoms with Crippen LogP contribution in [0.5, 0.6) is 5.75 Å². The Kier molecular flexibility index (Phi) is 3.93. The lowest BCUT2D eigenvalue weighted by atomic mass is 10.2. The molecule has 4 rings (SSSR count). The van der Waals surface area contributed by atoms with Crippen LogP contribution in [0.4, 0.5) is 5.69 Å². The second-order valence-electron chi connectivity index (χ2n) is 5.82. The number of aromatic nitrogens is 2. The largest absolute Gasteiger partial charge is 0.497 e. The van der Waals surface area contributed by atoms with Crippen molar-refractivity contribution in [2.75, 3.05) is 12.4 Å². The molecule has 7 heteroatoms. The third-order valence-corrected chi connectivity index (χ3v) is 5.11. The molecule has 0 unspecified atom stereocenters. The van der Waals surface area contributed by atoms with Crippen molar-refractivity contribution in [1.82, 2.24) is 9.38 Å². The first-order valence-electron chi connectivity index (χ1n) is 7.94. The third kappa shape index (κ3) is 2.72. The third-order valence-electron chi connectivity index (χ3n) is 4.08. The van der Waals surface area contributed by atoms with Crippen LogP contribution in [0, 0.1) is 6.92 Å². The molecule has 0 aliphatic heterocycles. The number of hydrogen-bond donors (Lipinski definition) is 1. The van der Waals surface area contributed by atoms with Crippen LogP contribution in [0.2, 0.25) is 0 Å². The second kappa shape index (κ2) is 6.27. The van der Waals surface area contributed by atoms with Crippen molar-refractivity contribution in [1.29, 1.82) is 0 Å². The van der Waals surface area contributed by atoms with Crippen LogP contribution in [0.1, 0.15) is 15.2 Å². The smallest absolute Gasteiger partial charge is 0.266 e. The van der Waals surface area contributed by atoms with Crippen LogP contribution in [0.15, 0.2) is 53.5 Å². The number of aryl methyl sites for hydroxylation is 1. The SMILES string of the molecule is COc1cccc(NC(=O)c2cc3c(=O)n4cccc(C)c4nc3s2)c1. The number of fused-ring (bicyclic) bond motifs is 2. The van der Waals surface area contributed by atoms with Crippen LogP contribution in [0.3, 0.4) is 0 Å². The lowest BCUT2D eigenvalue weighted by molar-refractivity contribution is 0.103. The first kappa shape index (κ1) is 16.3. The molecule has 1 aromatic carbocycles. The molecule has 3 aromatic heterocycles. The zero-order chi connectivity index (χ0) is 18.3. The minimum absolute atomic E-state index is 0.176. The number of carbonyl (C=O) groups excluding carboxylic acids is 1. The fraction of sp³-hybridized carbons (Fsp3) is 0.105. The van der Waals surface area contributed by atoms with Gasteiger partial charge in [0.15, 0.2) is 0 Å². The monoisotopic (exact) mass is 365 g/mol. The molecule has 3 heterocycles. The van der Waals surface area contributed by atoms with Gasteiger partial charge >= 0.3 is 0 Å². The Hall–Kier alpha value is -3.19. The van der Waals surface area contributed by atoms with Crippen LogP contribution < -0.4 is 15.6 Å². The number of amides is 1. The number of thiophene rings is 1. The summed E-state index contributed by atoms with van der Waals surface area (Å²) >= 11 is 1.20. The summed E-state index contributed by atoms with van der Waals surface area (Å²) in [6.07, 6.45) is 1.69. The van der Waals surface area contributed by atoms with E-state index in [0.29, 0.717) is 32.2 Å². The molecule has 0 saturated heterocycles. The van der Waals surface area contributed by atoms with Crippen LogP contribution in [-0.4, -0.2) is 22.4 Å². The van der Waals surface area contributed by atoms with E-state index >= 15 is 0 Å². The van der Waals surface area contributed by atoms with Gasteiger partial charge in [0.1, 0.15) is 16.2 Å². The van der Waals surface area contributed by atoms with Gasteiger partial charge in [-0.2, -0.15) is 0 Å². The van der Waals surface area contributed by atoms with Gasteiger partial charge in [-0.25, -0.2) is 4.98 Å². The number of carbonyl (C=O) groups is 1. The van der Waals surface area contributed by atoms with Crippen molar-refractivity contribution in [3.63, 3.8) is 0 Å². The molecular formula is C19H15N3O3S. The van der Waals surface area contributed by atoms with E-state index in [2.05, 4.69) is 10.3 Å². The molecular weight excluding hydrogens is 350 g/mol. The van der Waals surface area contributed by atoms with Gasteiger partial charge in [-0.1, -0.05) is 12.1 Å². The molecule has 0 aliphatic carbocycles. The number of nitrogens with zero attached hydrogens (tertiary/aromatic N) is 2. The Labute approximate surface area is 152 Å². The minimum Gasteiger partial charge on any atom is -0.497 e. The minimum atomic E-state index is -0.286. The van der Waals surface area contributed by atoms with E-state index in [1.165, 1.54) is 15.7 Å². The summed E-state index contributed by atoms with van der Waals surface area (Å²) in [6, 6.07) is 12.4. The number of pyridine rings is 1. The zero-order valence-electron chi connectivity index (χ0n) is 14.1. The molecule has 4 aromatic rings. The number of methoxy groups -OCH3 is 1. The van der Waals surface area contributed by atoms with Crippen molar-refractivity contribution < 1.29 is 9.53 Å². The first-order valence-corrected chi connectivity index (χ1v) is 8.75. The number of rotatable bonds is 3. The van der Waals surface area contributed by atoms with Gasteiger partial charge in [0.05, 0.1) is 17.4 Å². The lowest BCUT2D eigenvalue weighted by Crippen LogP contribution is -2.14. The van der Waals surface area contributed by atoms with Gasteiger partial charge in [-0.3, -0.25) is 14.0 Å². The number of nitrogens with one attached hydrogen (secondary N) is 1. The molecule has 0 saturated carbocycles. The average molecular weight is 365 g/mol.